The van der Waals surface area contributed by atoms with Crippen LogP contribution in [0.2, 0.25) is 5.02 Å². The third-order valence-corrected chi connectivity index (χ3v) is 3.15. The van der Waals surface area contributed by atoms with Gasteiger partial charge in [0.25, 0.3) is 5.91 Å². The number of halogens is 1. The van der Waals surface area contributed by atoms with Crippen molar-refractivity contribution in [3.8, 4) is 5.75 Å². The van der Waals surface area contributed by atoms with Crippen molar-refractivity contribution in [1.82, 2.24) is 0 Å². The molecular formula is C15H15ClN2O2. The van der Waals surface area contributed by atoms with E-state index in [9.17, 15) is 4.79 Å². The van der Waals surface area contributed by atoms with Crippen molar-refractivity contribution in [2.24, 2.45) is 0 Å². The molecule has 2 rings (SSSR count). The molecule has 0 heterocycles. The largest absolute Gasteiger partial charge is 0.496 e. The van der Waals surface area contributed by atoms with Gasteiger partial charge in [0, 0.05) is 16.4 Å². The zero-order chi connectivity index (χ0) is 14.7. The predicted octanol–water partition coefficient (Wildman–Crippen LogP) is 3.49. The first-order valence-electron chi connectivity index (χ1n) is 6.02. The molecule has 2 aromatic carbocycles. The predicted molar refractivity (Wildman–Crippen MR) is 81.5 cm³/mol. The number of nitrogens with two attached hydrogens (primary N) is 1. The van der Waals surface area contributed by atoms with E-state index in [1.165, 1.54) is 0 Å². The van der Waals surface area contributed by atoms with Crippen LogP contribution in [0.15, 0.2) is 36.4 Å². The summed E-state index contributed by atoms with van der Waals surface area (Å²) < 4.78 is 5.17. The number of anilines is 2. The highest BCUT2D eigenvalue weighted by atomic mass is 35.5. The van der Waals surface area contributed by atoms with Crippen molar-refractivity contribution in [1.29, 1.82) is 0 Å². The SMILES string of the molecule is COc1ccc(NC(=O)c2cc(Cl)ccc2N)cc1C. The highest BCUT2D eigenvalue weighted by Gasteiger charge is 2.11. The molecule has 5 heteroatoms. The van der Waals surface area contributed by atoms with Crippen molar-refractivity contribution in [3.05, 3.63) is 52.5 Å². The first-order chi connectivity index (χ1) is 9.51. The van der Waals surface area contributed by atoms with Gasteiger partial charge in [-0.3, -0.25) is 4.79 Å². The molecule has 0 bridgehead atoms. The topological polar surface area (TPSA) is 64.3 Å². The molecule has 1 amide bonds. The van der Waals surface area contributed by atoms with E-state index < -0.39 is 0 Å². The second kappa shape index (κ2) is 5.84. The molecule has 0 radical (unpaired) electrons. The van der Waals surface area contributed by atoms with Crippen LogP contribution in [0.3, 0.4) is 0 Å². The van der Waals surface area contributed by atoms with Gasteiger partial charge in [-0.1, -0.05) is 11.6 Å². The second-order valence-corrected chi connectivity index (χ2v) is 4.81. The first kappa shape index (κ1) is 14.2. The maximum Gasteiger partial charge on any atom is 0.257 e. The Balaban J connectivity index is 2.23. The van der Waals surface area contributed by atoms with Gasteiger partial charge in [0.15, 0.2) is 0 Å². The number of ether oxygens (including phenoxy) is 1. The Labute approximate surface area is 122 Å². The highest BCUT2D eigenvalue weighted by Crippen LogP contribution is 2.23. The van der Waals surface area contributed by atoms with E-state index in [2.05, 4.69) is 5.32 Å². The van der Waals surface area contributed by atoms with Gasteiger partial charge in [-0.25, -0.2) is 0 Å². The van der Waals surface area contributed by atoms with Crippen LogP contribution >= 0.6 is 11.6 Å². The summed E-state index contributed by atoms with van der Waals surface area (Å²) in [5.41, 5.74) is 8.13. The molecule has 3 N–H and O–H groups in total. The van der Waals surface area contributed by atoms with Crippen molar-refractivity contribution >= 4 is 28.9 Å². The molecule has 2 aromatic rings. The number of aryl methyl sites for hydroxylation is 1. The summed E-state index contributed by atoms with van der Waals surface area (Å²) in [6.45, 7) is 1.90. The van der Waals surface area contributed by atoms with E-state index in [0.29, 0.717) is 22.0 Å². The van der Waals surface area contributed by atoms with Gasteiger partial charge in [0.05, 0.1) is 12.7 Å². The van der Waals surface area contributed by atoms with Crippen molar-refractivity contribution in [2.75, 3.05) is 18.2 Å². The van der Waals surface area contributed by atoms with E-state index in [1.54, 1.807) is 37.4 Å². The molecule has 0 aliphatic carbocycles. The van der Waals surface area contributed by atoms with Crippen LogP contribution in [0.4, 0.5) is 11.4 Å². The third kappa shape index (κ3) is 3.03. The van der Waals surface area contributed by atoms with Gasteiger partial charge in [-0.15, -0.1) is 0 Å². The number of methoxy groups -OCH3 is 1. The lowest BCUT2D eigenvalue weighted by atomic mass is 10.1. The van der Waals surface area contributed by atoms with E-state index in [1.807, 2.05) is 13.0 Å². The molecule has 0 unspecified atom stereocenters. The Bertz CT molecular complexity index is 656. The fourth-order valence-corrected chi connectivity index (χ4v) is 2.05. The number of amides is 1. The molecule has 0 spiro atoms. The summed E-state index contributed by atoms with van der Waals surface area (Å²) in [7, 11) is 1.60. The first-order valence-corrected chi connectivity index (χ1v) is 6.40. The minimum absolute atomic E-state index is 0.297. The van der Waals surface area contributed by atoms with Crippen molar-refractivity contribution in [2.45, 2.75) is 6.92 Å². The van der Waals surface area contributed by atoms with E-state index >= 15 is 0 Å². The molecule has 0 fully saturated rings. The lowest BCUT2D eigenvalue weighted by Crippen LogP contribution is -2.14. The lowest BCUT2D eigenvalue weighted by Gasteiger charge is -2.10. The number of benzene rings is 2. The lowest BCUT2D eigenvalue weighted by molar-refractivity contribution is 0.102. The average molecular weight is 291 g/mol. The van der Waals surface area contributed by atoms with Gasteiger partial charge >= 0.3 is 0 Å². The molecule has 4 nitrogen and oxygen atoms in total. The minimum atomic E-state index is -0.297. The maximum atomic E-state index is 12.2. The number of carbonyl (C=O) groups excluding carboxylic acids is 1. The Morgan fingerprint density at radius 3 is 2.65 bits per heavy atom. The molecule has 104 valence electrons. The van der Waals surface area contributed by atoms with E-state index in [0.717, 1.165) is 11.3 Å². The van der Waals surface area contributed by atoms with Gasteiger partial charge < -0.3 is 15.8 Å². The van der Waals surface area contributed by atoms with Crippen LogP contribution in [0.5, 0.6) is 5.75 Å². The number of hydrogen-bond donors (Lipinski definition) is 2. The van der Waals surface area contributed by atoms with Crippen LogP contribution in [0.25, 0.3) is 0 Å². The number of hydrogen-bond acceptors (Lipinski definition) is 3. The molecule has 20 heavy (non-hydrogen) atoms. The number of carbonyl (C=O) groups is 1. The summed E-state index contributed by atoms with van der Waals surface area (Å²) in [5.74, 6) is 0.472. The molecule has 0 atom stereocenters. The minimum Gasteiger partial charge on any atom is -0.496 e. The fourth-order valence-electron chi connectivity index (χ4n) is 1.88. The standard InChI is InChI=1S/C15H15ClN2O2/c1-9-7-11(4-6-14(9)20-2)18-15(19)12-8-10(16)3-5-13(12)17/h3-8H,17H2,1-2H3,(H,18,19). The quantitative estimate of drug-likeness (QED) is 0.851. The smallest absolute Gasteiger partial charge is 0.257 e. The molecule has 0 saturated heterocycles. The summed E-state index contributed by atoms with van der Waals surface area (Å²) in [4.78, 5) is 12.2. The fraction of sp³-hybridized carbons (Fsp3) is 0.133. The Hall–Kier alpha value is -2.20. The van der Waals surface area contributed by atoms with Crippen LogP contribution in [0.1, 0.15) is 15.9 Å². The Kier molecular flexibility index (Phi) is 4.15. The van der Waals surface area contributed by atoms with Crippen LogP contribution in [-0.2, 0) is 0 Å². The number of rotatable bonds is 3. The second-order valence-electron chi connectivity index (χ2n) is 4.37. The van der Waals surface area contributed by atoms with Gasteiger partial charge in [0.1, 0.15) is 5.75 Å². The molecule has 0 aromatic heterocycles. The van der Waals surface area contributed by atoms with Gasteiger partial charge in [0.2, 0.25) is 0 Å². The normalized spacial score (nSPS) is 10.2. The van der Waals surface area contributed by atoms with E-state index in [-0.39, 0.29) is 5.91 Å². The summed E-state index contributed by atoms with van der Waals surface area (Å²) in [5, 5.41) is 3.25. The van der Waals surface area contributed by atoms with Crippen LogP contribution in [-0.4, -0.2) is 13.0 Å². The summed E-state index contributed by atoms with van der Waals surface area (Å²) in [6.07, 6.45) is 0. The molecule has 0 aliphatic rings. The van der Waals surface area contributed by atoms with Crippen molar-refractivity contribution < 1.29 is 9.53 Å². The summed E-state index contributed by atoms with van der Waals surface area (Å²) in [6, 6.07) is 10.2. The third-order valence-electron chi connectivity index (χ3n) is 2.91. The molecule has 0 saturated carbocycles. The zero-order valence-electron chi connectivity index (χ0n) is 11.2. The maximum absolute atomic E-state index is 12.2. The molecule has 0 aliphatic heterocycles. The summed E-state index contributed by atoms with van der Waals surface area (Å²) >= 11 is 5.88. The number of nitrogens with one attached hydrogen (secondary N) is 1. The van der Waals surface area contributed by atoms with Gasteiger partial charge in [-0.2, -0.15) is 0 Å². The zero-order valence-corrected chi connectivity index (χ0v) is 12.0. The Morgan fingerprint density at radius 1 is 1.25 bits per heavy atom. The molecular weight excluding hydrogens is 276 g/mol. The van der Waals surface area contributed by atoms with Crippen LogP contribution < -0.4 is 15.8 Å². The highest BCUT2D eigenvalue weighted by molar-refractivity contribution is 6.31. The monoisotopic (exact) mass is 290 g/mol. The van der Waals surface area contributed by atoms with Crippen molar-refractivity contribution in [3.63, 3.8) is 0 Å². The van der Waals surface area contributed by atoms with E-state index in [4.69, 9.17) is 22.1 Å². The van der Waals surface area contributed by atoms with Gasteiger partial charge in [-0.05, 0) is 48.9 Å². The average Bonchev–Trinajstić information content (AvgIpc) is 2.41. The Morgan fingerprint density at radius 2 is 2.00 bits per heavy atom. The number of nitrogen functional groups attached to an aromatic ring is 1. The van der Waals surface area contributed by atoms with Crippen LogP contribution in [0, 0.1) is 6.92 Å².